The summed E-state index contributed by atoms with van der Waals surface area (Å²) in [5.74, 6) is 2.40. The zero-order valence-corrected chi connectivity index (χ0v) is 6.58. The zero-order valence-electron chi connectivity index (χ0n) is 6.58. The minimum atomic E-state index is -0.0708. The Balaban J connectivity index is 2.94. The molecule has 60 valence electrons. The summed E-state index contributed by atoms with van der Waals surface area (Å²) in [5.41, 5.74) is 6.56. The Labute approximate surface area is 71.4 Å². The maximum absolute atomic E-state index is 11.0. The van der Waals surface area contributed by atoms with Crippen molar-refractivity contribution in [3.63, 3.8) is 0 Å². The lowest BCUT2D eigenvalue weighted by atomic mass is 10.1. The van der Waals surface area contributed by atoms with Crippen molar-refractivity contribution in [3.8, 4) is 12.3 Å². The van der Waals surface area contributed by atoms with E-state index in [9.17, 15) is 4.79 Å². The summed E-state index contributed by atoms with van der Waals surface area (Å²) >= 11 is 0. The third-order valence-corrected chi connectivity index (χ3v) is 1.56. The maximum Gasteiger partial charge on any atom is 0.176 e. The van der Waals surface area contributed by atoms with Crippen LogP contribution in [0.25, 0.3) is 0 Å². The molecule has 1 rings (SSSR count). The SMILES string of the molecule is C#Cc1ccc(C(=O)CN)cc1. The van der Waals surface area contributed by atoms with E-state index in [0.29, 0.717) is 5.56 Å². The average molecular weight is 159 g/mol. The van der Waals surface area contributed by atoms with Crippen molar-refractivity contribution in [1.82, 2.24) is 0 Å². The molecule has 12 heavy (non-hydrogen) atoms. The molecule has 2 heteroatoms. The van der Waals surface area contributed by atoms with Crippen LogP contribution in [0.1, 0.15) is 15.9 Å². The van der Waals surface area contributed by atoms with Crippen molar-refractivity contribution in [3.05, 3.63) is 35.4 Å². The van der Waals surface area contributed by atoms with Gasteiger partial charge in [-0.05, 0) is 12.1 Å². The molecule has 2 nitrogen and oxygen atoms in total. The zero-order chi connectivity index (χ0) is 8.97. The summed E-state index contributed by atoms with van der Waals surface area (Å²) in [7, 11) is 0. The molecule has 0 aromatic heterocycles. The first-order valence-corrected chi connectivity index (χ1v) is 3.58. The molecule has 0 fully saturated rings. The largest absolute Gasteiger partial charge is 0.324 e. The van der Waals surface area contributed by atoms with E-state index >= 15 is 0 Å². The van der Waals surface area contributed by atoms with Crippen LogP contribution < -0.4 is 5.73 Å². The summed E-state index contributed by atoms with van der Waals surface area (Å²) in [6.45, 7) is 0.0371. The van der Waals surface area contributed by atoms with Crippen LogP contribution >= 0.6 is 0 Å². The summed E-state index contributed by atoms with van der Waals surface area (Å²) < 4.78 is 0. The Bertz CT molecular complexity index is 319. The van der Waals surface area contributed by atoms with Gasteiger partial charge < -0.3 is 5.73 Å². The summed E-state index contributed by atoms with van der Waals surface area (Å²) in [6, 6.07) is 6.82. The highest BCUT2D eigenvalue weighted by Gasteiger charge is 2.00. The van der Waals surface area contributed by atoms with Gasteiger partial charge >= 0.3 is 0 Å². The van der Waals surface area contributed by atoms with E-state index in [1.54, 1.807) is 24.3 Å². The fraction of sp³-hybridized carbons (Fsp3) is 0.100. The first-order chi connectivity index (χ1) is 5.77. The highest BCUT2D eigenvalue weighted by molar-refractivity contribution is 5.97. The number of carbonyl (C=O) groups is 1. The van der Waals surface area contributed by atoms with E-state index in [2.05, 4.69) is 5.92 Å². The molecule has 0 amide bonds. The van der Waals surface area contributed by atoms with Crippen LogP contribution in [0, 0.1) is 12.3 Å². The molecule has 0 saturated heterocycles. The Morgan fingerprint density at radius 3 is 2.42 bits per heavy atom. The van der Waals surface area contributed by atoms with Crippen molar-refractivity contribution in [2.24, 2.45) is 5.73 Å². The Kier molecular flexibility index (Phi) is 2.62. The molecule has 0 saturated carbocycles. The summed E-state index contributed by atoms with van der Waals surface area (Å²) in [4.78, 5) is 11.0. The normalized spacial score (nSPS) is 9.00. The Hall–Kier alpha value is -1.59. The van der Waals surface area contributed by atoms with Gasteiger partial charge in [0.2, 0.25) is 0 Å². The number of carbonyl (C=O) groups excluding carboxylic acids is 1. The standard InChI is InChI=1S/C10H9NO/c1-2-8-3-5-9(6-4-8)10(12)7-11/h1,3-6H,7,11H2. The lowest BCUT2D eigenvalue weighted by Crippen LogP contribution is -2.13. The molecular weight excluding hydrogens is 150 g/mol. The number of Topliss-reactive ketones (excluding diaryl/α,β-unsaturated/α-hetero) is 1. The molecule has 0 atom stereocenters. The molecule has 0 heterocycles. The molecular formula is C10H9NO. The number of rotatable bonds is 2. The topological polar surface area (TPSA) is 43.1 Å². The van der Waals surface area contributed by atoms with Gasteiger partial charge in [0, 0.05) is 11.1 Å². The summed E-state index contributed by atoms with van der Waals surface area (Å²) in [5, 5.41) is 0. The van der Waals surface area contributed by atoms with E-state index in [1.807, 2.05) is 0 Å². The first kappa shape index (κ1) is 8.51. The van der Waals surface area contributed by atoms with Gasteiger partial charge in [-0.1, -0.05) is 18.1 Å². The quantitative estimate of drug-likeness (QED) is 0.512. The monoisotopic (exact) mass is 159 g/mol. The highest BCUT2D eigenvalue weighted by Crippen LogP contribution is 2.03. The van der Waals surface area contributed by atoms with Crippen molar-refractivity contribution in [1.29, 1.82) is 0 Å². The molecule has 0 radical (unpaired) electrons. The van der Waals surface area contributed by atoms with Gasteiger partial charge in [0.1, 0.15) is 0 Å². The highest BCUT2D eigenvalue weighted by atomic mass is 16.1. The second-order valence-electron chi connectivity index (χ2n) is 2.35. The minimum Gasteiger partial charge on any atom is -0.324 e. The molecule has 0 spiro atoms. The third-order valence-electron chi connectivity index (χ3n) is 1.56. The number of terminal acetylenes is 1. The van der Waals surface area contributed by atoms with Gasteiger partial charge in [-0.2, -0.15) is 0 Å². The van der Waals surface area contributed by atoms with Crippen molar-refractivity contribution in [2.45, 2.75) is 0 Å². The molecule has 0 aliphatic heterocycles. The van der Waals surface area contributed by atoms with Gasteiger partial charge in [-0.25, -0.2) is 0 Å². The number of nitrogens with two attached hydrogens (primary N) is 1. The van der Waals surface area contributed by atoms with Crippen LogP contribution in [-0.2, 0) is 0 Å². The van der Waals surface area contributed by atoms with Crippen molar-refractivity contribution < 1.29 is 4.79 Å². The predicted octanol–water partition coefficient (Wildman–Crippen LogP) is 0.809. The second kappa shape index (κ2) is 3.70. The van der Waals surface area contributed by atoms with Gasteiger partial charge in [0.15, 0.2) is 5.78 Å². The Morgan fingerprint density at radius 1 is 1.42 bits per heavy atom. The van der Waals surface area contributed by atoms with Crippen LogP contribution in [0.2, 0.25) is 0 Å². The van der Waals surface area contributed by atoms with Crippen LogP contribution in [0.15, 0.2) is 24.3 Å². The molecule has 0 aliphatic carbocycles. The van der Waals surface area contributed by atoms with Gasteiger partial charge in [-0.15, -0.1) is 6.42 Å². The van der Waals surface area contributed by atoms with Crippen LogP contribution in [0.4, 0.5) is 0 Å². The lowest BCUT2D eigenvalue weighted by Gasteiger charge is -1.96. The smallest absolute Gasteiger partial charge is 0.176 e. The van der Waals surface area contributed by atoms with Crippen LogP contribution in [-0.4, -0.2) is 12.3 Å². The lowest BCUT2D eigenvalue weighted by molar-refractivity contribution is 0.100. The van der Waals surface area contributed by atoms with Gasteiger partial charge in [0.05, 0.1) is 6.54 Å². The van der Waals surface area contributed by atoms with Crippen molar-refractivity contribution in [2.75, 3.05) is 6.54 Å². The van der Waals surface area contributed by atoms with Crippen LogP contribution in [0.3, 0.4) is 0 Å². The van der Waals surface area contributed by atoms with E-state index in [-0.39, 0.29) is 12.3 Å². The molecule has 0 bridgehead atoms. The number of benzene rings is 1. The van der Waals surface area contributed by atoms with Crippen LogP contribution in [0.5, 0.6) is 0 Å². The fourth-order valence-corrected chi connectivity index (χ4v) is 0.870. The number of hydrogen-bond acceptors (Lipinski definition) is 2. The average Bonchev–Trinajstić information content (AvgIpc) is 2.17. The maximum atomic E-state index is 11.0. The van der Waals surface area contributed by atoms with Crippen molar-refractivity contribution >= 4 is 5.78 Å². The molecule has 0 unspecified atom stereocenters. The fourth-order valence-electron chi connectivity index (χ4n) is 0.870. The second-order valence-corrected chi connectivity index (χ2v) is 2.35. The van der Waals surface area contributed by atoms with Gasteiger partial charge in [0.25, 0.3) is 0 Å². The first-order valence-electron chi connectivity index (χ1n) is 3.58. The van der Waals surface area contributed by atoms with E-state index in [1.165, 1.54) is 0 Å². The molecule has 0 aliphatic rings. The van der Waals surface area contributed by atoms with E-state index < -0.39 is 0 Å². The molecule has 1 aromatic carbocycles. The van der Waals surface area contributed by atoms with E-state index in [4.69, 9.17) is 12.2 Å². The predicted molar refractivity (Wildman–Crippen MR) is 47.8 cm³/mol. The minimum absolute atomic E-state index is 0.0371. The molecule has 2 N–H and O–H groups in total. The third kappa shape index (κ3) is 1.71. The number of ketones is 1. The number of hydrogen-bond donors (Lipinski definition) is 1. The van der Waals surface area contributed by atoms with Gasteiger partial charge in [-0.3, -0.25) is 4.79 Å². The molecule has 1 aromatic rings. The Morgan fingerprint density at radius 2 is 2.00 bits per heavy atom. The summed E-state index contributed by atoms with van der Waals surface area (Å²) in [6.07, 6.45) is 5.15. The van der Waals surface area contributed by atoms with E-state index in [0.717, 1.165) is 5.56 Å².